The molecular formula is C16H23ClNO4P. The third kappa shape index (κ3) is 5.18. The van der Waals surface area contributed by atoms with Crippen LogP contribution in [0.3, 0.4) is 0 Å². The summed E-state index contributed by atoms with van der Waals surface area (Å²) in [4.78, 5) is 13.6. The SMILES string of the molecule is COP(=O)(OC)C(/C=C/c1ccccc1)N(C(=O)CCl)C(C)C. The molecule has 7 heteroatoms. The predicted molar refractivity (Wildman–Crippen MR) is 93.6 cm³/mol. The highest BCUT2D eigenvalue weighted by Gasteiger charge is 2.40. The standard InChI is InChI=1S/C16H23ClNO4P/c1-13(2)18(15(19)12-17)16(23(20,21-3)22-4)11-10-14-8-6-5-7-9-14/h5-11,13,16H,12H2,1-4H3/b11-10+. The molecule has 0 aliphatic rings. The number of rotatable bonds is 8. The van der Waals surface area contributed by atoms with Gasteiger partial charge in [0.25, 0.3) is 0 Å². The Morgan fingerprint density at radius 2 is 1.83 bits per heavy atom. The fraction of sp³-hybridized carbons (Fsp3) is 0.438. The van der Waals surface area contributed by atoms with Crippen LogP contribution in [0.2, 0.25) is 0 Å². The Bertz CT molecular complexity index is 569. The molecule has 23 heavy (non-hydrogen) atoms. The van der Waals surface area contributed by atoms with Gasteiger partial charge >= 0.3 is 7.60 Å². The number of alkyl halides is 1. The molecule has 0 aliphatic carbocycles. The molecule has 0 bridgehead atoms. The van der Waals surface area contributed by atoms with E-state index >= 15 is 0 Å². The topological polar surface area (TPSA) is 55.8 Å². The number of hydrogen-bond acceptors (Lipinski definition) is 4. The van der Waals surface area contributed by atoms with Crippen molar-refractivity contribution < 1.29 is 18.4 Å². The van der Waals surface area contributed by atoms with Gasteiger partial charge in [-0.15, -0.1) is 11.6 Å². The van der Waals surface area contributed by atoms with Crippen LogP contribution in [0.1, 0.15) is 19.4 Å². The van der Waals surface area contributed by atoms with Crippen molar-refractivity contribution in [1.82, 2.24) is 4.90 Å². The summed E-state index contributed by atoms with van der Waals surface area (Å²) in [6, 6.07) is 9.28. The molecule has 0 saturated heterocycles. The average molecular weight is 360 g/mol. The molecule has 0 heterocycles. The summed E-state index contributed by atoms with van der Waals surface area (Å²) >= 11 is 5.70. The Labute approximate surface area is 142 Å². The molecule has 1 aromatic carbocycles. The van der Waals surface area contributed by atoms with Crippen LogP contribution in [-0.2, 0) is 18.4 Å². The van der Waals surface area contributed by atoms with Gasteiger partial charge in [-0.1, -0.05) is 36.4 Å². The number of hydrogen-bond donors (Lipinski definition) is 0. The van der Waals surface area contributed by atoms with Crippen LogP contribution < -0.4 is 0 Å². The Morgan fingerprint density at radius 1 is 1.26 bits per heavy atom. The zero-order valence-corrected chi connectivity index (χ0v) is 15.5. The zero-order valence-electron chi connectivity index (χ0n) is 13.8. The number of carbonyl (C=O) groups excluding carboxylic acids is 1. The van der Waals surface area contributed by atoms with E-state index in [2.05, 4.69) is 0 Å². The van der Waals surface area contributed by atoms with E-state index in [1.165, 1.54) is 19.1 Å². The molecule has 1 atom stereocenters. The molecule has 0 saturated carbocycles. The fourth-order valence-electron chi connectivity index (χ4n) is 2.21. The summed E-state index contributed by atoms with van der Waals surface area (Å²) in [5.41, 5.74) is 0.915. The van der Waals surface area contributed by atoms with Gasteiger partial charge in [0.05, 0.1) is 0 Å². The van der Waals surface area contributed by atoms with E-state index in [0.29, 0.717) is 0 Å². The van der Waals surface area contributed by atoms with Crippen molar-refractivity contribution in [3.63, 3.8) is 0 Å². The van der Waals surface area contributed by atoms with Gasteiger partial charge in [0.15, 0.2) is 5.78 Å². The molecule has 128 valence electrons. The minimum absolute atomic E-state index is 0.207. The van der Waals surface area contributed by atoms with Gasteiger partial charge in [0, 0.05) is 20.3 Å². The summed E-state index contributed by atoms with van der Waals surface area (Å²) < 4.78 is 23.1. The smallest absolute Gasteiger partial charge is 0.321 e. The van der Waals surface area contributed by atoms with Crippen molar-refractivity contribution in [2.75, 3.05) is 20.1 Å². The number of halogens is 1. The summed E-state index contributed by atoms with van der Waals surface area (Å²) in [7, 11) is -0.940. The lowest BCUT2D eigenvalue weighted by Gasteiger charge is -2.35. The van der Waals surface area contributed by atoms with Crippen LogP contribution in [0.4, 0.5) is 0 Å². The number of benzene rings is 1. The molecule has 5 nitrogen and oxygen atoms in total. The third-order valence-corrected chi connectivity index (χ3v) is 5.65. The largest absolute Gasteiger partial charge is 0.356 e. The monoisotopic (exact) mass is 359 g/mol. The van der Waals surface area contributed by atoms with E-state index in [4.69, 9.17) is 20.6 Å². The van der Waals surface area contributed by atoms with Gasteiger partial charge in [-0.3, -0.25) is 9.36 Å². The van der Waals surface area contributed by atoms with Crippen LogP contribution in [0, 0.1) is 0 Å². The Hall–Kier alpha value is -1.13. The number of nitrogens with zero attached hydrogens (tertiary/aromatic N) is 1. The third-order valence-electron chi connectivity index (χ3n) is 3.34. The van der Waals surface area contributed by atoms with Crippen molar-refractivity contribution in [1.29, 1.82) is 0 Å². The molecule has 0 N–H and O–H groups in total. The van der Waals surface area contributed by atoms with Crippen molar-refractivity contribution in [3.8, 4) is 0 Å². The van der Waals surface area contributed by atoms with Gasteiger partial charge in [0.1, 0.15) is 5.88 Å². The number of amides is 1. The highest BCUT2D eigenvalue weighted by molar-refractivity contribution is 7.54. The van der Waals surface area contributed by atoms with Gasteiger partial charge in [-0.2, -0.15) is 0 Å². The first-order chi connectivity index (χ1) is 10.9. The van der Waals surface area contributed by atoms with Gasteiger partial charge in [-0.05, 0) is 25.5 Å². The lowest BCUT2D eigenvalue weighted by molar-refractivity contribution is -0.130. The Balaban J connectivity index is 3.28. The summed E-state index contributed by atoms with van der Waals surface area (Å²) in [6.07, 6.45) is 3.44. The van der Waals surface area contributed by atoms with Crippen LogP contribution >= 0.6 is 19.2 Å². The van der Waals surface area contributed by atoms with Gasteiger partial charge in [0.2, 0.25) is 5.91 Å². The molecule has 1 unspecified atom stereocenters. The van der Waals surface area contributed by atoms with E-state index in [0.717, 1.165) is 5.56 Å². The molecule has 1 amide bonds. The van der Waals surface area contributed by atoms with E-state index in [9.17, 15) is 9.36 Å². The minimum atomic E-state index is -3.55. The maximum Gasteiger partial charge on any atom is 0.356 e. The number of carbonyl (C=O) groups is 1. The van der Waals surface area contributed by atoms with Crippen LogP contribution in [-0.4, -0.2) is 42.7 Å². The first-order valence-corrected chi connectivity index (χ1v) is 9.35. The van der Waals surface area contributed by atoms with Crippen molar-refractivity contribution in [2.45, 2.75) is 25.7 Å². The Morgan fingerprint density at radius 3 is 2.26 bits per heavy atom. The second-order valence-corrected chi connectivity index (χ2v) is 7.72. The van der Waals surface area contributed by atoms with Crippen LogP contribution in [0.5, 0.6) is 0 Å². The van der Waals surface area contributed by atoms with Crippen molar-refractivity contribution in [3.05, 3.63) is 42.0 Å². The molecule has 0 spiro atoms. The first-order valence-electron chi connectivity index (χ1n) is 7.21. The maximum atomic E-state index is 12.9. The quantitative estimate of drug-likeness (QED) is 0.520. The summed E-state index contributed by atoms with van der Waals surface area (Å²) in [5, 5.41) is 0. The Kier molecular flexibility index (Phi) is 8.00. The first kappa shape index (κ1) is 19.9. The molecule has 0 fully saturated rings. The molecule has 0 aromatic heterocycles. The maximum absolute atomic E-state index is 12.9. The van der Waals surface area contributed by atoms with Gasteiger partial charge in [-0.25, -0.2) is 0 Å². The summed E-state index contributed by atoms with van der Waals surface area (Å²) in [5.74, 6) is -1.40. The second kappa shape index (κ2) is 9.24. The zero-order chi connectivity index (χ0) is 17.5. The normalized spacial score (nSPS) is 13.5. The predicted octanol–water partition coefficient (Wildman–Crippen LogP) is 3.99. The molecule has 0 aliphatic heterocycles. The lowest BCUT2D eigenvalue weighted by Crippen LogP contribution is -2.45. The lowest BCUT2D eigenvalue weighted by atomic mass is 10.2. The highest BCUT2D eigenvalue weighted by Crippen LogP contribution is 2.54. The molecule has 0 radical (unpaired) electrons. The van der Waals surface area contributed by atoms with Crippen LogP contribution in [0.15, 0.2) is 36.4 Å². The average Bonchev–Trinajstić information content (AvgIpc) is 2.57. The van der Waals surface area contributed by atoms with E-state index in [1.807, 2.05) is 44.2 Å². The van der Waals surface area contributed by atoms with E-state index in [1.54, 1.807) is 12.2 Å². The van der Waals surface area contributed by atoms with Gasteiger partial charge < -0.3 is 13.9 Å². The molecule has 1 aromatic rings. The van der Waals surface area contributed by atoms with E-state index in [-0.39, 0.29) is 17.8 Å². The van der Waals surface area contributed by atoms with E-state index < -0.39 is 13.4 Å². The highest BCUT2D eigenvalue weighted by atomic mass is 35.5. The second-order valence-electron chi connectivity index (χ2n) is 5.12. The van der Waals surface area contributed by atoms with Crippen molar-refractivity contribution >= 4 is 31.2 Å². The molecular weight excluding hydrogens is 337 g/mol. The fourth-order valence-corrected chi connectivity index (χ4v) is 3.93. The van der Waals surface area contributed by atoms with Crippen LogP contribution in [0.25, 0.3) is 6.08 Å². The van der Waals surface area contributed by atoms with Crippen molar-refractivity contribution in [2.24, 2.45) is 0 Å². The summed E-state index contributed by atoms with van der Waals surface area (Å²) in [6.45, 7) is 3.65. The molecule has 1 rings (SSSR count). The minimum Gasteiger partial charge on any atom is -0.321 e.